The predicted molar refractivity (Wildman–Crippen MR) is 91.3 cm³/mol. The topological polar surface area (TPSA) is 29.5 Å². The molecule has 0 spiro atoms. The molecule has 0 N–H and O–H groups in total. The van der Waals surface area contributed by atoms with E-state index >= 15 is 0 Å². The second kappa shape index (κ2) is 8.10. The monoisotopic (exact) mass is 345 g/mol. The summed E-state index contributed by atoms with van der Waals surface area (Å²) >= 11 is 0. The molecule has 0 aliphatic carbocycles. The molecule has 0 aromatic heterocycles. The van der Waals surface area contributed by atoms with Crippen LogP contribution < -0.4 is 4.74 Å². The van der Waals surface area contributed by atoms with E-state index in [9.17, 15) is 13.6 Å². The van der Waals surface area contributed by atoms with Crippen LogP contribution in [-0.4, -0.2) is 30.5 Å². The van der Waals surface area contributed by atoms with Gasteiger partial charge in [-0.2, -0.15) is 0 Å². The number of nitrogens with zero attached hydrogens (tertiary/aromatic N) is 1. The van der Waals surface area contributed by atoms with Crippen molar-refractivity contribution in [2.24, 2.45) is 5.92 Å². The smallest absolute Gasteiger partial charge is 0.227 e. The van der Waals surface area contributed by atoms with Crippen LogP contribution in [0.15, 0.2) is 48.5 Å². The summed E-state index contributed by atoms with van der Waals surface area (Å²) < 4.78 is 32.2. The third kappa shape index (κ3) is 4.78. The number of carbonyl (C=O) groups excluding carboxylic acids is 1. The molecule has 0 saturated carbocycles. The number of benzene rings is 2. The molecule has 3 nitrogen and oxygen atoms in total. The number of hydrogen-bond acceptors (Lipinski definition) is 2. The Kier molecular flexibility index (Phi) is 5.64. The van der Waals surface area contributed by atoms with Gasteiger partial charge in [-0.05, 0) is 48.6 Å². The van der Waals surface area contributed by atoms with Crippen LogP contribution in [0, 0.1) is 17.6 Å². The van der Waals surface area contributed by atoms with Crippen LogP contribution in [0.25, 0.3) is 0 Å². The van der Waals surface area contributed by atoms with E-state index in [2.05, 4.69) is 0 Å². The number of halogens is 2. The van der Waals surface area contributed by atoms with Crippen molar-refractivity contribution < 1.29 is 18.3 Å². The van der Waals surface area contributed by atoms with Gasteiger partial charge in [0.2, 0.25) is 5.91 Å². The van der Waals surface area contributed by atoms with Gasteiger partial charge >= 0.3 is 0 Å². The summed E-state index contributed by atoms with van der Waals surface area (Å²) in [5.41, 5.74) is 0.691. The normalized spacial score (nSPS) is 16.9. The fourth-order valence-electron chi connectivity index (χ4n) is 3.13. The van der Waals surface area contributed by atoms with Crippen molar-refractivity contribution >= 4 is 5.91 Å². The van der Waals surface area contributed by atoms with Gasteiger partial charge in [0.25, 0.3) is 0 Å². The van der Waals surface area contributed by atoms with Crippen LogP contribution in [0.4, 0.5) is 8.78 Å². The molecule has 0 radical (unpaired) electrons. The highest BCUT2D eigenvalue weighted by Crippen LogP contribution is 2.22. The second-order valence-corrected chi connectivity index (χ2v) is 6.37. The minimum absolute atomic E-state index is 0.0168. The maximum absolute atomic E-state index is 13.5. The first-order valence-corrected chi connectivity index (χ1v) is 8.51. The van der Waals surface area contributed by atoms with Gasteiger partial charge in [0.05, 0.1) is 13.0 Å². The lowest BCUT2D eigenvalue weighted by atomic mass is 10.1. The predicted octanol–water partition coefficient (Wildman–Crippen LogP) is 3.82. The van der Waals surface area contributed by atoms with Crippen molar-refractivity contribution in [1.82, 2.24) is 4.90 Å². The highest BCUT2D eigenvalue weighted by atomic mass is 19.1. The zero-order chi connectivity index (χ0) is 17.6. The lowest BCUT2D eigenvalue weighted by Gasteiger charge is -2.17. The average Bonchev–Trinajstić information content (AvgIpc) is 3.06. The van der Waals surface area contributed by atoms with Crippen molar-refractivity contribution in [3.05, 3.63) is 65.7 Å². The van der Waals surface area contributed by atoms with Crippen LogP contribution >= 0.6 is 0 Å². The van der Waals surface area contributed by atoms with Gasteiger partial charge in [-0.25, -0.2) is 8.78 Å². The quantitative estimate of drug-likeness (QED) is 0.796. The molecule has 2 aromatic rings. The Balaban J connectivity index is 1.43. The fourth-order valence-corrected chi connectivity index (χ4v) is 3.13. The Morgan fingerprint density at radius 1 is 1.16 bits per heavy atom. The van der Waals surface area contributed by atoms with Crippen molar-refractivity contribution in [3.8, 4) is 5.75 Å². The van der Waals surface area contributed by atoms with Gasteiger partial charge in [-0.3, -0.25) is 4.79 Å². The summed E-state index contributed by atoms with van der Waals surface area (Å²) in [5.74, 6) is -0.0541. The molecule has 1 aliphatic rings. The van der Waals surface area contributed by atoms with Crippen molar-refractivity contribution in [2.45, 2.75) is 19.3 Å². The van der Waals surface area contributed by atoms with Crippen LogP contribution in [0.3, 0.4) is 0 Å². The summed E-state index contributed by atoms with van der Waals surface area (Å²) in [6.07, 6.45) is 1.91. The summed E-state index contributed by atoms with van der Waals surface area (Å²) in [5, 5.41) is 0. The lowest BCUT2D eigenvalue weighted by molar-refractivity contribution is -0.129. The zero-order valence-corrected chi connectivity index (χ0v) is 14.0. The lowest BCUT2D eigenvalue weighted by Crippen LogP contribution is -2.30. The first-order valence-electron chi connectivity index (χ1n) is 8.51. The molecule has 5 heteroatoms. The van der Waals surface area contributed by atoms with E-state index in [1.54, 1.807) is 30.3 Å². The van der Waals surface area contributed by atoms with Gasteiger partial charge in [0.1, 0.15) is 5.82 Å². The van der Waals surface area contributed by atoms with Crippen LogP contribution in [0.5, 0.6) is 5.75 Å². The minimum atomic E-state index is -0.360. The SMILES string of the molecule is O=C(Cc1cccc(F)c1)N1CCC(CCOc2ccccc2F)C1. The van der Waals surface area contributed by atoms with Crippen molar-refractivity contribution in [2.75, 3.05) is 19.7 Å². The number of amides is 1. The van der Waals surface area contributed by atoms with Crippen molar-refractivity contribution in [3.63, 3.8) is 0 Å². The molecule has 2 aromatic carbocycles. The van der Waals surface area contributed by atoms with E-state index in [0.29, 0.717) is 31.2 Å². The Morgan fingerprint density at radius 2 is 2.00 bits per heavy atom. The van der Waals surface area contributed by atoms with Gasteiger partial charge in [0, 0.05) is 13.1 Å². The molecule has 1 heterocycles. The van der Waals surface area contributed by atoms with Gasteiger partial charge in [-0.15, -0.1) is 0 Å². The number of likely N-dealkylation sites (tertiary alicyclic amines) is 1. The summed E-state index contributed by atoms with van der Waals surface area (Å²) in [4.78, 5) is 14.2. The van der Waals surface area contributed by atoms with Crippen molar-refractivity contribution in [1.29, 1.82) is 0 Å². The average molecular weight is 345 g/mol. The highest BCUT2D eigenvalue weighted by molar-refractivity contribution is 5.79. The van der Waals surface area contributed by atoms with E-state index in [4.69, 9.17) is 4.74 Å². The number of carbonyl (C=O) groups is 1. The van der Waals surface area contributed by atoms with Gasteiger partial charge < -0.3 is 9.64 Å². The molecular weight excluding hydrogens is 324 g/mol. The van der Waals surface area contributed by atoms with Gasteiger partial charge in [0.15, 0.2) is 11.6 Å². The molecule has 0 bridgehead atoms. The minimum Gasteiger partial charge on any atom is -0.491 e. The maximum atomic E-state index is 13.5. The van der Waals surface area contributed by atoms with E-state index in [0.717, 1.165) is 12.8 Å². The summed E-state index contributed by atoms with van der Waals surface area (Å²) in [7, 11) is 0. The summed E-state index contributed by atoms with van der Waals surface area (Å²) in [6, 6.07) is 12.5. The van der Waals surface area contributed by atoms with E-state index in [-0.39, 0.29) is 29.7 Å². The molecular formula is C20H21F2NO2. The van der Waals surface area contributed by atoms with E-state index in [1.165, 1.54) is 18.2 Å². The van der Waals surface area contributed by atoms with Crippen LogP contribution in [0.1, 0.15) is 18.4 Å². The molecule has 3 rings (SSSR count). The first kappa shape index (κ1) is 17.4. The Hall–Kier alpha value is -2.43. The zero-order valence-electron chi connectivity index (χ0n) is 14.0. The van der Waals surface area contributed by atoms with Gasteiger partial charge in [-0.1, -0.05) is 24.3 Å². The number of rotatable bonds is 6. The number of hydrogen-bond donors (Lipinski definition) is 0. The molecule has 25 heavy (non-hydrogen) atoms. The summed E-state index contributed by atoms with van der Waals surface area (Å²) in [6.45, 7) is 1.81. The Bertz CT molecular complexity index is 735. The Morgan fingerprint density at radius 3 is 2.80 bits per heavy atom. The number of ether oxygens (including phenoxy) is 1. The number of para-hydroxylation sites is 1. The maximum Gasteiger partial charge on any atom is 0.227 e. The van der Waals surface area contributed by atoms with E-state index < -0.39 is 0 Å². The second-order valence-electron chi connectivity index (χ2n) is 6.37. The highest BCUT2D eigenvalue weighted by Gasteiger charge is 2.26. The molecule has 1 atom stereocenters. The largest absolute Gasteiger partial charge is 0.491 e. The fraction of sp³-hybridized carbons (Fsp3) is 0.350. The Labute approximate surface area is 146 Å². The molecule has 1 unspecified atom stereocenters. The molecule has 1 aliphatic heterocycles. The van der Waals surface area contributed by atoms with E-state index in [1.807, 2.05) is 4.90 Å². The molecule has 132 valence electrons. The third-order valence-corrected chi connectivity index (χ3v) is 4.50. The molecule has 1 amide bonds. The first-order chi connectivity index (χ1) is 12.1. The standard InChI is InChI=1S/C20H21F2NO2/c21-17-5-3-4-16(12-17)13-20(24)23-10-8-15(14-23)9-11-25-19-7-2-1-6-18(19)22/h1-7,12,15H,8-11,13-14H2. The molecule has 1 saturated heterocycles. The van der Waals surface area contributed by atoms with Crippen LogP contribution in [0.2, 0.25) is 0 Å². The third-order valence-electron chi connectivity index (χ3n) is 4.50. The molecule has 1 fully saturated rings. The van der Waals surface area contributed by atoms with Crippen LogP contribution in [-0.2, 0) is 11.2 Å².